The molecule has 2 heterocycles. The second-order valence-electron chi connectivity index (χ2n) is 7.43. The maximum Gasteiger partial charge on any atom is 0.416 e. The van der Waals surface area contributed by atoms with Gasteiger partial charge >= 0.3 is 6.18 Å². The predicted octanol–water partition coefficient (Wildman–Crippen LogP) is 4.35. The molecule has 0 saturated heterocycles. The van der Waals surface area contributed by atoms with Gasteiger partial charge in [0.2, 0.25) is 18.3 Å². The lowest BCUT2D eigenvalue weighted by molar-refractivity contribution is -0.137. The normalized spacial score (nSPS) is 16.6. The summed E-state index contributed by atoms with van der Waals surface area (Å²) in [7, 11) is 3.09. The Morgan fingerprint density at radius 3 is 2.61 bits per heavy atom. The Morgan fingerprint density at radius 2 is 1.88 bits per heavy atom. The van der Waals surface area contributed by atoms with Crippen molar-refractivity contribution in [3.05, 3.63) is 47.0 Å². The molecule has 1 N–H and O–H groups in total. The fraction of sp³-hybridized carbons (Fsp3) is 0.409. The van der Waals surface area contributed by atoms with E-state index in [1.54, 1.807) is 13.2 Å². The van der Waals surface area contributed by atoms with Crippen molar-refractivity contribution < 1.29 is 37.0 Å². The Balaban J connectivity index is 0.00000306. The SMILES string of the molecule is COc1c(CC2CC(CNCc3cccc(C(F)(F)F)c3)=NO2)cc2c(c1OC)OCO2.Cl. The van der Waals surface area contributed by atoms with E-state index in [0.717, 1.165) is 23.4 Å². The molecule has 0 aliphatic carbocycles. The van der Waals surface area contributed by atoms with E-state index in [2.05, 4.69) is 10.5 Å². The second-order valence-corrected chi connectivity index (χ2v) is 7.43. The number of fused-ring (bicyclic) bond motifs is 1. The van der Waals surface area contributed by atoms with Gasteiger partial charge in [-0.25, -0.2) is 0 Å². The number of oxime groups is 1. The summed E-state index contributed by atoms with van der Waals surface area (Å²) in [6, 6.07) is 7.10. The molecule has 1 unspecified atom stereocenters. The van der Waals surface area contributed by atoms with Crippen molar-refractivity contribution in [2.75, 3.05) is 27.6 Å². The lowest BCUT2D eigenvalue weighted by Crippen LogP contribution is -2.23. The Labute approximate surface area is 195 Å². The third-order valence-corrected chi connectivity index (χ3v) is 5.21. The maximum atomic E-state index is 12.8. The lowest BCUT2D eigenvalue weighted by Gasteiger charge is -2.16. The van der Waals surface area contributed by atoms with Crippen molar-refractivity contribution in [2.45, 2.75) is 31.7 Å². The number of halogens is 4. The van der Waals surface area contributed by atoms with Crippen molar-refractivity contribution >= 4 is 18.1 Å². The summed E-state index contributed by atoms with van der Waals surface area (Å²) in [6.07, 6.45) is -3.48. The number of ether oxygens (including phenoxy) is 4. The highest BCUT2D eigenvalue weighted by molar-refractivity contribution is 5.87. The summed E-state index contributed by atoms with van der Waals surface area (Å²) >= 11 is 0. The molecular weight excluding hydrogens is 465 g/mol. The minimum atomic E-state index is -4.36. The average Bonchev–Trinajstić information content (AvgIpc) is 3.41. The molecular formula is C22H24ClF3N2O5. The van der Waals surface area contributed by atoms with Crippen LogP contribution in [0.25, 0.3) is 0 Å². The van der Waals surface area contributed by atoms with E-state index in [1.807, 2.05) is 6.07 Å². The first-order valence-electron chi connectivity index (χ1n) is 10.0. The Bertz CT molecular complexity index is 1020. The number of methoxy groups -OCH3 is 2. The number of hydrogen-bond acceptors (Lipinski definition) is 7. The smallest absolute Gasteiger partial charge is 0.416 e. The second kappa shape index (κ2) is 10.4. The monoisotopic (exact) mass is 488 g/mol. The molecule has 2 aliphatic heterocycles. The third kappa shape index (κ3) is 5.56. The number of alkyl halides is 3. The van der Waals surface area contributed by atoms with E-state index in [9.17, 15) is 13.2 Å². The molecule has 180 valence electrons. The summed E-state index contributed by atoms with van der Waals surface area (Å²) in [5, 5.41) is 7.24. The zero-order valence-electron chi connectivity index (χ0n) is 18.0. The third-order valence-electron chi connectivity index (χ3n) is 5.21. The molecule has 2 aromatic carbocycles. The summed E-state index contributed by atoms with van der Waals surface area (Å²) in [6.45, 7) is 0.818. The maximum absolute atomic E-state index is 12.8. The van der Waals surface area contributed by atoms with Crippen LogP contribution in [0.3, 0.4) is 0 Å². The molecule has 4 rings (SSSR count). The fourth-order valence-corrected chi connectivity index (χ4v) is 3.76. The lowest BCUT2D eigenvalue weighted by atomic mass is 10.0. The van der Waals surface area contributed by atoms with Crippen LogP contribution in [0.5, 0.6) is 23.0 Å². The molecule has 7 nitrogen and oxygen atoms in total. The van der Waals surface area contributed by atoms with Crippen molar-refractivity contribution in [1.29, 1.82) is 0 Å². The Hall–Kier alpha value is -2.85. The summed E-state index contributed by atoms with van der Waals surface area (Å²) in [4.78, 5) is 5.56. The van der Waals surface area contributed by atoms with Gasteiger partial charge in [-0.15, -0.1) is 12.4 Å². The van der Waals surface area contributed by atoms with Gasteiger partial charge in [0.25, 0.3) is 0 Å². The van der Waals surface area contributed by atoms with Crippen molar-refractivity contribution in [3.8, 4) is 23.0 Å². The molecule has 1 atom stereocenters. The van der Waals surface area contributed by atoms with E-state index in [1.165, 1.54) is 13.2 Å². The zero-order chi connectivity index (χ0) is 22.7. The Morgan fingerprint density at radius 1 is 1.09 bits per heavy atom. The largest absolute Gasteiger partial charge is 0.492 e. The highest BCUT2D eigenvalue weighted by Crippen LogP contribution is 2.49. The average molecular weight is 489 g/mol. The first-order valence-corrected chi connectivity index (χ1v) is 10.0. The number of nitrogens with one attached hydrogen (secondary N) is 1. The van der Waals surface area contributed by atoms with Gasteiger partial charge in [-0.05, 0) is 17.7 Å². The molecule has 33 heavy (non-hydrogen) atoms. The van der Waals surface area contributed by atoms with E-state index >= 15 is 0 Å². The predicted molar refractivity (Wildman–Crippen MR) is 117 cm³/mol. The topological polar surface area (TPSA) is 70.5 Å². The minimum absolute atomic E-state index is 0. The Kier molecular flexibility index (Phi) is 7.80. The molecule has 0 spiro atoms. The summed E-state index contributed by atoms with van der Waals surface area (Å²) in [5.41, 5.74) is 1.51. The molecule has 11 heteroatoms. The van der Waals surface area contributed by atoms with Gasteiger partial charge in [-0.3, -0.25) is 0 Å². The number of rotatable bonds is 8. The van der Waals surface area contributed by atoms with Crippen LogP contribution in [-0.2, 0) is 24.0 Å². The van der Waals surface area contributed by atoms with Crippen molar-refractivity contribution in [1.82, 2.24) is 5.32 Å². The molecule has 0 radical (unpaired) electrons. The van der Waals surface area contributed by atoms with Gasteiger partial charge in [0, 0.05) is 31.5 Å². The molecule has 0 fully saturated rings. The molecule has 2 aromatic rings. The first kappa shape index (κ1) is 24.8. The number of nitrogens with zero attached hydrogens (tertiary/aromatic N) is 1. The van der Waals surface area contributed by atoms with Crippen LogP contribution in [0, 0.1) is 0 Å². The van der Waals surface area contributed by atoms with E-state index < -0.39 is 11.7 Å². The van der Waals surface area contributed by atoms with Crippen LogP contribution in [0.1, 0.15) is 23.1 Å². The molecule has 0 aromatic heterocycles. The van der Waals surface area contributed by atoms with Crippen molar-refractivity contribution in [2.24, 2.45) is 5.16 Å². The highest BCUT2D eigenvalue weighted by atomic mass is 35.5. The van der Waals surface area contributed by atoms with Crippen LogP contribution in [0.2, 0.25) is 0 Å². The minimum Gasteiger partial charge on any atom is -0.492 e. The van der Waals surface area contributed by atoms with Gasteiger partial charge in [0.05, 0.1) is 25.5 Å². The molecule has 2 aliphatic rings. The van der Waals surface area contributed by atoms with Gasteiger partial charge < -0.3 is 29.1 Å². The number of hydrogen-bond donors (Lipinski definition) is 1. The van der Waals surface area contributed by atoms with Gasteiger partial charge in [-0.2, -0.15) is 13.2 Å². The van der Waals surface area contributed by atoms with Crippen LogP contribution in [0.4, 0.5) is 13.2 Å². The summed E-state index contributed by atoms with van der Waals surface area (Å²) < 4.78 is 60.5. The van der Waals surface area contributed by atoms with Crippen LogP contribution < -0.4 is 24.3 Å². The van der Waals surface area contributed by atoms with Gasteiger partial charge in [0.15, 0.2) is 11.5 Å². The van der Waals surface area contributed by atoms with E-state index in [4.69, 9.17) is 23.8 Å². The summed E-state index contributed by atoms with van der Waals surface area (Å²) in [5.74, 6) is 2.12. The van der Waals surface area contributed by atoms with E-state index in [0.29, 0.717) is 54.5 Å². The van der Waals surface area contributed by atoms with Crippen molar-refractivity contribution in [3.63, 3.8) is 0 Å². The fourth-order valence-electron chi connectivity index (χ4n) is 3.76. The van der Waals surface area contributed by atoms with E-state index in [-0.39, 0.29) is 25.3 Å². The van der Waals surface area contributed by atoms with Crippen LogP contribution in [0.15, 0.2) is 35.5 Å². The zero-order valence-corrected chi connectivity index (χ0v) is 18.8. The van der Waals surface area contributed by atoms with Gasteiger partial charge in [-0.1, -0.05) is 23.4 Å². The molecule has 0 saturated carbocycles. The molecule has 0 amide bonds. The quantitative estimate of drug-likeness (QED) is 0.596. The molecule has 0 bridgehead atoms. The first-order chi connectivity index (χ1) is 15.4. The standard InChI is InChI=1S/C22H23F3N2O5.ClH/c1-28-19-14(8-18-20(21(19)29-2)31-12-30-18)7-17-9-16(27-32-17)11-26-10-13-4-3-5-15(6-13)22(23,24)25;/h3-6,8,17,26H,7,9-12H2,1-2H3;1H. The number of benzene rings is 2. The van der Waals surface area contributed by atoms with Crippen LogP contribution >= 0.6 is 12.4 Å². The van der Waals surface area contributed by atoms with Crippen LogP contribution in [-0.4, -0.2) is 39.4 Å². The van der Waals surface area contributed by atoms with Gasteiger partial charge in [0.1, 0.15) is 6.10 Å². The highest BCUT2D eigenvalue weighted by Gasteiger charge is 2.31.